The maximum absolute atomic E-state index is 2.33. The molecule has 0 unspecified atom stereocenters. The molecule has 0 N–H and O–H groups in total. The third-order valence-electron chi connectivity index (χ3n) is 7.89. The number of hydrogen-bond acceptors (Lipinski definition) is 0. The van der Waals surface area contributed by atoms with Crippen LogP contribution in [0.1, 0.15) is 158 Å². The second kappa shape index (κ2) is 35.4. The van der Waals surface area contributed by atoms with Crippen molar-refractivity contribution in [3.8, 4) is 0 Å². The molecule has 2 nitrogen and oxygen atoms in total. The first-order valence-electron chi connectivity index (χ1n) is 16.2. The van der Waals surface area contributed by atoms with Crippen molar-refractivity contribution in [3.05, 3.63) is 0 Å². The normalized spacial score (nSPS) is 11.0. The van der Waals surface area contributed by atoms with Crippen LogP contribution in [0.5, 0.6) is 0 Å². The lowest BCUT2D eigenvalue weighted by Crippen LogP contribution is -3.00. The van der Waals surface area contributed by atoms with Gasteiger partial charge in [-0.25, -0.2) is 0 Å². The van der Waals surface area contributed by atoms with E-state index in [2.05, 4.69) is 55.4 Å². The van der Waals surface area contributed by atoms with Crippen LogP contribution < -0.4 is 34.0 Å². The molecule has 0 aromatic heterocycles. The quantitative estimate of drug-likeness (QED) is 0.128. The van der Waals surface area contributed by atoms with Crippen LogP contribution in [0, 0.1) is 0 Å². The van der Waals surface area contributed by atoms with Gasteiger partial charge in [-0.15, -0.1) is 17.0 Å². The molecule has 0 bridgehead atoms. The van der Waals surface area contributed by atoms with Gasteiger partial charge in [-0.2, -0.15) is 0 Å². The first kappa shape index (κ1) is 48.1. The molecule has 0 aliphatic rings. The molecule has 0 aliphatic heterocycles. The summed E-state index contributed by atoms with van der Waals surface area (Å²) in [5.41, 5.74) is 0. The van der Waals surface area contributed by atoms with Crippen LogP contribution in [-0.2, 0) is 0 Å². The standard InChI is InChI=1S/2C16H36N.3BrH/c2*1-5-9-13-17(14-10-6-2,15-11-7-3)16-12-8-4;;;/h2*5-16H2,1-4H3;3*1H/q2*+1;;;/p-2. The first-order valence-corrected chi connectivity index (χ1v) is 16.2. The molecule has 5 heteroatoms. The van der Waals surface area contributed by atoms with Crippen molar-refractivity contribution in [2.75, 3.05) is 52.4 Å². The number of halogens is 3. The Labute approximate surface area is 269 Å². The van der Waals surface area contributed by atoms with Crippen molar-refractivity contribution in [1.29, 1.82) is 0 Å². The second-order valence-corrected chi connectivity index (χ2v) is 11.3. The highest BCUT2D eigenvalue weighted by Gasteiger charge is 2.25. The molecule has 0 saturated heterocycles. The predicted molar refractivity (Wildman–Crippen MR) is 169 cm³/mol. The molecule has 0 atom stereocenters. The summed E-state index contributed by atoms with van der Waals surface area (Å²) in [7, 11) is 0. The zero-order chi connectivity index (χ0) is 26.0. The summed E-state index contributed by atoms with van der Waals surface area (Å²) in [6, 6.07) is 0. The Kier molecular flexibility index (Phi) is 46.0. The minimum atomic E-state index is 0. The van der Waals surface area contributed by atoms with Gasteiger partial charge in [0.1, 0.15) is 0 Å². The summed E-state index contributed by atoms with van der Waals surface area (Å²) in [5.74, 6) is 0. The van der Waals surface area contributed by atoms with Crippen molar-refractivity contribution in [2.24, 2.45) is 0 Å². The fourth-order valence-corrected chi connectivity index (χ4v) is 5.29. The zero-order valence-electron chi connectivity index (χ0n) is 27.0. The molecule has 0 aromatic rings. The fraction of sp³-hybridized carbons (Fsp3) is 1.00. The Balaban J connectivity index is -0.000000171. The monoisotopic (exact) mass is 722 g/mol. The van der Waals surface area contributed by atoms with Crippen LogP contribution in [0.25, 0.3) is 0 Å². The van der Waals surface area contributed by atoms with E-state index in [9.17, 15) is 0 Å². The molecule has 0 spiro atoms. The number of rotatable bonds is 24. The third kappa shape index (κ3) is 27.3. The van der Waals surface area contributed by atoms with E-state index in [0.29, 0.717) is 0 Å². The molecule has 0 amide bonds. The lowest BCUT2D eigenvalue weighted by atomic mass is 10.1. The Morgan fingerprint density at radius 2 is 0.378 bits per heavy atom. The highest BCUT2D eigenvalue weighted by molar-refractivity contribution is 8.93. The average molecular weight is 726 g/mol. The number of quaternary nitrogens is 2. The molecule has 0 heterocycles. The number of nitrogens with zero attached hydrogens (tertiary/aromatic N) is 2. The number of unbranched alkanes of at least 4 members (excludes halogenated alkanes) is 8. The van der Waals surface area contributed by atoms with Crippen molar-refractivity contribution in [2.45, 2.75) is 158 Å². The lowest BCUT2D eigenvalue weighted by molar-refractivity contribution is -0.929. The van der Waals surface area contributed by atoms with Gasteiger partial charge in [-0.1, -0.05) is 107 Å². The van der Waals surface area contributed by atoms with Gasteiger partial charge >= 0.3 is 0 Å². The summed E-state index contributed by atoms with van der Waals surface area (Å²) in [6.07, 6.45) is 22.1. The minimum absolute atomic E-state index is 0. The van der Waals surface area contributed by atoms with E-state index >= 15 is 0 Å². The summed E-state index contributed by atoms with van der Waals surface area (Å²) in [4.78, 5) is 0. The van der Waals surface area contributed by atoms with Gasteiger partial charge in [0.05, 0.1) is 52.4 Å². The molecule has 0 radical (unpaired) electrons. The number of hydrogen-bond donors (Lipinski definition) is 0. The van der Waals surface area contributed by atoms with Gasteiger partial charge in [0.2, 0.25) is 0 Å². The van der Waals surface area contributed by atoms with E-state index < -0.39 is 0 Å². The summed E-state index contributed by atoms with van der Waals surface area (Å²) < 4.78 is 2.84. The summed E-state index contributed by atoms with van der Waals surface area (Å²) >= 11 is 0. The van der Waals surface area contributed by atoms with Gasteiger partial charge < -0.3 is 42.9 Å². The van der Waals surface area contributed by atoms with Crippen molar-refractivity contribution in [1.82, 2.24) is 0 Å². The maximum atomic E-state index is 2.33. The minimum Gasteiger partial charge on any atom is -1.00 e. The van der Waals surface area contributed by atoms with Gasteiger partial charge in [-0.3, -0.25) is 0 Å². The van der Waals surface area contributed by atoms with E-state index in [1.54, 1.807) is 0 Å². The van der Waals surface area contributed by atoms with Crippen LogP contribution in [0.15, 0.2) is 0 Å². The highest BCUT2D eigenvalue weighted by atomic mass is 79.9. The van der Waals surface area contributed by atoms with Gasteiger partial charge in [0, 0.05) is 0 Å². The molecular weight excluding hydrogens is 652 g/mol. The van der Waals surface area contributed by atoms with E-state index in [-0.39, 0.29) is 50.9 Å². The van der Waals surface area contributed by atoms with Crippen LogP contribution >= 0.6 is 17.0 Å². The van der Waals surface area contributed by atoms with E-state index in [1.165, 1.54) is 164 Å². The predicted octanol–water partition coefficient (Wildman–Crippen LogP) is 4.59. The first-order chi connectivity index (χ1) is 16.5. The Bertz CT molecular complexity index is 283. The van der Waals surface area contributed by atoms with Crippen molar-refractivity contribution >= 4 is 17.0 Å². The van der Waals surface area contributed by atoms with Gasteiger partial charge in [0.15, 0.2) is 0 Å². The van der Waals surface area contributed by atoms with Crippen LogP contribution in [0.2, 0.25) is 0 Å². The van der Waals surface area contributed by atoms with E-state index in [4.69, 9.17) is 0 Å². The smallest absolute Gasteiger partial charge is 0.0786 e. The Morgan fingerprint density at radius 1 is 0.270 bits per heavy atom. The SMILES string of the molecule is Br.CCCC[N+](CCCC)(CCCC)CCCC.CCCC[N+](CCCC)(CCCC)CCCC.[Br-].[Br-]. The molecular formula is C32H73Br3N2. The summed E-state index contributed by atoms with van der Waals surface area (Å²) in [6.45, 7) is 30.0. The maximum Gasteiger partial charge on any atom is 0.0786 e. The molecule has 0 aliphatic carbocycles. The van der Waals surface area contributed by atoms with Crippen LogP contribution in [0.3, 0.4) is 0 Å². The van der Waals surface area contributed by atoms with Gasteiger partial charge in [0.25, 0.3) is 0 Å². The Hall–Kier alpha value is 1.36. The molecule has 232 valence electrons. The molecule has 0 rings (SSSR count). The van der Waals surface area contributed by atoms with Crippen LogP contribution in [-0.4, -0.2) is 61.3 Å². The zero-order valence-corrected chi connectivity index (χ0v) is 31.9. The van der Waals surface area contributed by atoms with Crippen LogP contribution in [0.4, 0.5) is 0 Å². The molecule has 37 heavy (non-hydrogen) atoms. The third-order valence-corrected chi connectivity index (χ3v) is 7.89. The van der Waals surface area contributed by atoms with E-state index in [1.807, 2.05) is 0 Å². The Morgan fingerprint density at radius 3 is 0.459 bits per heavy atom. The largest absolute Gasteiger partial charge is 1.00 e. The molecule has 0 aromatic carbocycles. The van der Waals surface area contributed by atoms with Gasteiger partial charge in [-0.05, 0) is 51.4 Å². The molecule has 0 fully saturated rings. The van der Waals surface area contributed by atoms with Crippen molar-refractivity contribution in [3.63, 3.8) is 0 Å². The van der Waals surface area contributed by atoms with E-state index in [0.717, 1.165) is 0 Å². The lowest BCUT2D eigenvalue weighted by Gasteiger charge is -2.39. The highest BCUT2D eigenvalue weighted by Crippen LogP contribution is 2.17. The average Bonchev–Trinajstić information content (AvgIpc) is 2.87. The van der Waals surface area contributed by atoms with Crippen molar-refractivity contribution < 1.29 is 42.9 Å². The molecule has 0 saturated carbocycles. The second-order valence-electron chi connectivity index (χ2n) is 11.3. The fourth-order valence-electron chi connectivity index (χ4n) is 5.29. The topological polar surface area (TPSA) is 0 Å². The summed E-state index contributed by atoms with van der Waals surface area (Å²) in [5, 5.41) is 0.